The number of nitrogens with zero attached hydrogens (tertiary/aromatic N) is 3. The first-order valence-corrected chi connectivity index (χ1v) is 21.0. The lowest BCUT2D eigenvalue weighted by molar-refractivity contribution is -0.144. The SMILES string of the molecule is COc1cc(C=C[C@H]2C3=CC[C@@H]4C(=O)N(C5CCN(Cc6ccccc6)CC5)C(=O)[C@@H]4[C@@H]3C[C@H]3C(=O)N(Nc4ccc(F)cc4)C(=O)[C@@]23c2ccc(Cl)cc2)cc(OC)c1O. The van der Waals surface area contributed by atoms with Crippen molar-refractivity contribution in [3.8, 4) is 17.2 Å². The van der Waals surface area contributed by atoms with E-state index in [2.05, 4.69) is 22.5 Å². The van der Waals surface area contributed by atoms with Crippen molar-refractivity contribution in [1.82, 2.24) is 14.8 Å². The van der Waals surface area contributed by atoms with Crippen molar-refractivity contribution in [2.45, 2.75) is 43.7 Å². The number of rotatable bonds is 10. The molecule has 0 radical (unpaired) electrons. The van der Waals surface area contributed by atoms with Gasteiger partial charge in [-0.05, 0) is 96.8 Å². The molecule has 0 spiro atoms. The number of aromatic hydroxyl groups is 1. The van der Waals surface area contributed by atoms with Crippen molar-refractivity contribution < 1.29 is 38.1 Å². The monoisotopic (exact) mass is 844 g/mol. The van der Waals surface area contributed by atoms with Gasteiger partial charge in [0.25, 0.3) is 11.8 Å². The molecule has 9 rings (SSSR count). The Morgan fingerprint density at radius 2 is 1.54 bits per heavy atom. The summed E-state index contributed by atoms with van der Waals surface area (Å²) in [5, 5.41) is 12.2. The first-order chi connectivity index (χ1) is 29.5. The number of halogens is 2. The molecule has 3 aliphatic heterocycles. The molecule has 4 aromatic rings. The molecule has 2 N–H and O–H groups in total. The van der Waals surface area contributed by atoms with Gasteiger partial charge in [0.2, 0.25) is 17.6 Å². The molecule has 4 fully saturated rings. The van der Waals surface area contributed by atoms with Gasteiger partial charge in [-0.15, -0.1) is 0 Å². The van der Waals surface area contributed by atoms with Crippen LogP contribution in [0.5, 0.6) is 17.2 Å². The van der Waals surface area contributed by atoms with E-state index < -0.39 is 52.6 Å². The number of amides is 4. The van der Waals surface area contributed by atoms with Gasteiger partial charge in [-0.25, -0.2) is 4.39 Å². The largest absolute Gasteiger partial charge is 0.502 e. The van der Waals surface area contributed by atoms with E-state index in [0.29, 0.717) is 41.1 Å². The minimum Gasteiger partial charge on any atom is -0.502 e. The maximum absolute atomic E-state index is 15.4. The molecule has 3 saturated heterocycles. The van der Waals surface area contributed by atoms with Crippen LogP contribution in [0.25, 0.3) is 6.08 Å². The van der Waals surface area contributed by atoms with Crippen LogP contribution in [-0.4, -0.2) is 76.9 Å². The Bertz CT molecular complexity index is 2410. The van der Waals surface area contributed by atoms with E-state index in [0.717, 1.165) is 30.2 Å². The van der Waals surface area contributed by atoms with Crippen LogP contribution in [0, 0.1) is 35.4 Å². The first kappa shape index (κ1) is 40.4. The number of hydrogen-bond donors (Lipinski definition) is 2. The molecule has 0 unspecified atom stereocenters. The summed E-state index contributed by atoms with van der Waals surface area (Å²) in [5.41, 5.74) is 4.94. The number of hydrogen-bond acceptors (Lipinski definition) is 9. The van der Waals surface area contributed by atoms with E-state index in [4.69, 9.17) is 21.1 Å². The molecule has 2 aliphatic carbocycles. The average molecular weight is 845 g/mol. The Balaban J connectivity index is 1.12. The molecule has 0 bridgehead atoms. The van der Waals surface area contributed by atoms with Gasteiger partial charge >= 0.3 is 0 Å². The summed E-state index contributed by atoms with van der Waals surface area (Å²) >= 11 is 6.42. The fraction of sp³-hybridized carbons (Fsp3) is 0.333. The molecule has 4 amide bonds. The number of carbonyl (C=O) groups excluding carboxylic acids is 4. The van der Waals surface area contributed by atoms with E-state index in [1.54, 1.807) is 42.5 Å². The van der Waals surface area contributed by atoms with Crippen LogP contribution >= 0.6 is 11.6 Å². The van der Waals surface area contributed by atoms with Crippen LogP contribution in [-0.2, 0) is 31.1 Å². The van der Waals surface area contributed by atoms with Gasteiger partial charge in [-0.3, -0.25) is 34.4 Å². The number of ether oxygens (including phenoxy) is 2. The second-order valence-electron chi connectivity index (χ2n) is 16.6. The molecule has 6 atom stereocenters. The Morgan fingerprint density at radius 1 is 0.869 bits per heavy atom. The maximum Gasteiger partial charge on any atom is 0.260 e. The first-order valence-electron chi connectivity index (χ1n) is 20.7. The van der Waals surface area contributed by atoms with Crippen LogP contribution in [0.15, 0.2) is 109 Å². The van der Waals surface area contributed by atoms with Crippen molar-refractivity contribution in [3.05, 3.63) is 136 Å². The molecular weight excluding hydrogens is 799 g/mol. The van der Waals surface area contributed by atoms with Crippen LogP contribution in [0.4, 0.5) is 10.1 Å². The summed E-state index contributed by atoms with van der Waals surface area (Å²) in [4.78, 5) is 63.5. The van der Waals surface area contributed by atoms with Crippen molar-refractivity contribution in [2.75, 3.05) is 32.7 Å². The lowest BCUT2D eigenvalue weighted by Crippen LogP contribution is -2.54. The van der Waals surface area contributed by atoms with Crippen LogP contribution in [0.2, 0.25) is 5.02 Å². The summed E-state index contributed by atoms with van der Waals surface area (Å²) in [5.74, 6) is -5.35. The number of phenolic OH excluding ortho intramolecular Hbond substituents is 1. The number of fused-ring (bicyclic) bond motifs is 4. The van der Waals surface area contributed by atoms with E-state index in [-0.39, 0.29) is 41.5 Å². The zero-order valence-corrected chi connectivity index (χ0v) is 34.6. The van der Waals surface area contributed by atoms with E-state index in [9.17, 15) is 23.9 Å². The van der Waals surface area contributed by atoms with Gasteiger partial charge in [0.05, 0.1) is 43.1 Å². The van der Waals surface area contributed by atoms with Gasteiger partial charge < -0.3 is 14.6 Å². The average Bonchev–Trinajstić information content (AvgIpc) is 3.65. The number of nitrogens with one attached hydrogen (secondary N) is 1. The summed E-state index contributed by atoms with van der Waals surface area (Å²) in [6, 6.07) is 25.6. The number of phenols is 1. The quantitative estimate of drug-likeness (QED) is 0.124. The van der Waals surface area contributed by atoms with E-state index in [1.165, 1.54) is 48.9 Å². The lowest BCUT2D eigenvalue weighted by Gasteiger charge is -2.49. The van der Waals surface area contributed by atoms with Gasteiger partial charge in [0, 0.05) is 36.6 Å². The minimum atomic E-state index is -1.53. The molecule has 314 valence electrons. The fourth-order valence-electron chi connectivity index (χ4n) is 10.7. The predicted molar refractivity (Wildman–Crippen MR) is 227 cm³/mol. The smallest absolute Gasteiger partial charge is 0.260 e. The highest BCUT2D eigenvalue weighted by atomic mass is 35.5. The number of benzene rings is 4. The van der Waals surface area contributed by atoms with Crippen molar-refractivity contribution in [1.29, 1.82) is 0 Å². The highest BCUT2D eigenvalue weighted by Crippen LogP contribution is 2.62. The van der Waals surface area contributed by atoms with Crippen LogP contribution in [0.3, 0.4) is 0 Å². The Morgan fingerprint density at radius 3 is 2.20 bits per heavy atom. The number of imide groups is 2. The zero-order valence-electron chi connectivity index (χ0n) is 33.8. The number of anilines is 1. The minimum absolute atomic E-state index is 0.134. The third-order valence-electron chi connectivity index (χ3n) is 13.5. The molecule has 4 aromatic carbocycles. The molecule has 1 saturated carbocycles. The standard InChI is InChI=1S/C48H46ClFN4O7/c1-60-40-24-29(25-41(61-2)43(40)55)8-19-38-35-17-18-36-42(46(58)53(44(36)56)34-20-22-52(23-21-34)27-28-6-4-3-5-7-28)37(35)26-39-45(57)54(51-33-15-13-32(50)14-16-33)47(59)48(38,39)30-9-11-31(49)12-10-30/h3-17,19,24-25,34,36-39,42,51,55H,18,20-23,26-27H2,1-2H3/t36-,37+,38-,39-,42-,48-/m0/s1. The van der Waals surface area contributed by atoms with E-state index >= 15 is 4.79 Å². The van der Waals surface area contributed by atoms with Crippen LogP contribution < -0.4 is 14.9 Å². The summed E-state index contributed by atoms with van der Waals surface area (Å²) in [6.45, 7) is 2.29. The van der Waals surface area contributed by atoms with Crippen molar-refractivity contribution in [3.63, 3.8) is 0 Å². The second kappa shape index (κ2) is 16.1. The summed E-state index contributed by atoms with van der Waals surface area (Å²) in [6.07, 6.45) is 7.45. The third-order valence-corrected chi connectivity index (χ3v) is 13.8. The van der Waals surface area contributed by atoms with Crippen molar-refractivity contribution in [2.24, 2.45) is 29.6 Å². The fourth-order valence-corrected chi connectivity index (χ4v) is 10.8. The highest BCUT2D eigenvalue weighted by Gasteiger charge is 2.69. The highest BCUT2D eigenvalue weighted by molar-refractivity contribution is 6.30. The lowest BCUT2D eigenvalue weighted by atomic mass is 9.50. The molecular formula is C48H46ClFN4O7. The molecule has 61 heavy (non-hydrogen) atoms. The molecule has 0 aromatic heterocycles. The molecule has 3 heterocycles. The summed E-state index contributed by atoms with van der Waals surface area (Å²) in [7, 11) is 2.86. The number of piperidine rings is 1. The molecule has 13 heteroatoms. The van der Waals surface area contributed by atoms with Crippen LogP contribution in [0.1, 0.15) is 42.4 Å². The Hall–Kier alpha value is -5.98. The number of carbonyl (C=O) groups is 4. The van der Waals surface area contributed by atoms with E-state index in [1.807, 2.05) is 30.4 Å². The Labute approximate surface area is 358 Å². The zero-order chi connectivity index (χ0) is 42.6. The van der Waals surface area contributed by atoms with Gasteiger partial charge in [0.15, 0.2) is 11.5 Å². The predicted octanol–water partition coefficient (Wildman–Crippen LogP) is 7.40. The normalized spacial score (nSPS) is 26.6. The summed E-state index contributed by atoms with van der Waals surface area (Å²) < 4.78 is 24.9. The molecule has 11 nitrogen and oxygen atoms in total. The van der Waals surface area contributed by atoms with Gasteiger partial charge in [-0.2, -0.15) is 5.01 Å². The second-order valence-corrected chi connectivity index (χ2v) is 17.0. The number of hydrazine groups is 1. The number of allylic oxidation sites excluding steroid dienone is 3. The Kier molecular flexibility index (Phi) is 10.7. The number of methoxy groups -OCH3 is 2. The maximum atomic E-state index is 15.4. The van der Waals surface area contributed by atoms with Gasteiger partial charge in [0.1, 0.15) is 5.82 Å². The van der Waals surface area contributed by atoms with Crippen molar-refractivity contribution >= 4 is 47.0 Å². The van der Waals surface area contributed by atoms with Gasteiger partial charge in [-0.1, -0.05) is 77.9 Å². The molecule has 5 aliphatic rings. The third kappa shape index (κ3) is 6.86. The number of likely N-dealkylation sites (tertiary alicyclic amines) is 2. The topological polar surface area (TPSA) is 129 Å².